The van der Waals surface area contributed by atoms with Crippen molar-refractivity contribution in [3.05, 3.63) is 255 Å². The first-order valence-corrected chi connectivity index (χ1v) is 22.0. The molecular formula is C62H42N2. The van der Waals surface area contributed by atoms with Crippen LogP contribution in [-0.4, -0.2) is 4.57 Å². The Morgan fingerprint density at radius 3 is 1.61 bits per heavy atom. The molecule has 11 aromatic carbocycles. The molecule has 1 heterocycles. The summed E-state index contributed by atoms with van der Waals surface area (Å²) in [5, 5.41) is 7.54. The van der Waals surface area contributed by atoms with Crippen molar-refractivity contribution in [1.29, 1.82) is 0 Å². The van der Waals surface area contributed by atoms with Gasteiger partial charge in [0.2, 0.25) is 0 Å². The van der Waals surface area contributed by atoms with Gasteiger partial charge in [-0.05, 0) is 110 Å². The van der Waals surface area contributed by atoms with Gasteiger partial charge in [0.25, 0.3) is 0 Å². The average Bonchev–Trinajstić information content (AvgIpc) is 3.72. The van der Waals surface area contributed by atoms with Crippen molar-refractivity contribution in [3.8, 4) is 50.2 Å². The minimum Gasteiger partial charge on any atom is -0.310 e. The number of aromatic nitrogens is 1. The molecule has 0 amide bonds. The van der Waals surface area contributed by atoms with Crippen LogP contribution >= 0.6 is 0 Å². The first kappa shape index (κ1) is 37.3. The second kappa shape index (κ2) is 15.8. The highest BCUT2D eigenvalue weighted by Crippen LogP contribution is 2.45. The smallest absolute Gasteiger partial charge is 0.0547 e. The molecule has 0 aliphatic heterocycles. The van der Waals surface area contributed by atoms with Crippen molar-refractivity contribution in [1.82, 2.24) is 4.57 Å². The largest absolute Gasteiger partial charge is 0.310 e. The van der Waals surface area contributed by atoms with E-state index in [0.717, 1.165) is 28.3 Å². The number of rotatable bonds is 8. The first-order valence-electron chi connectivity index (χ1n) is 22.0. The van der Waals surface area contributed by atoms with E-state index in [1.165, 1.54) is 82.3 Å². The Bertz CT molecular complexity index is 3640. The van der Waals surface area contributed by atoms with E-state index >= 15 is 0 Å². The second-order valence-electron chi connectivity index (χ2n) is 16.5. The standard InChI is InChI=1S/C62H42N2/c1-3-17-45(18-4-1)53-23-11-13-27-57(53)63(51-37-32-44(33-38-51)50-31-30-43-16-7-8-22-49(43)42-50)52-39-34-47(35-40-52)54-26-15-29-59(61(54)48-20-5-2-6-21-48)64-58-28-14-12-25-56(58)62-55-24-10-9-19-46(55)36-41-60(62)64/h1-42H. The third-order valence-electron chi connectivity index (χ3n) is 12.8. The number of hydrogen-bond donors (Lipinski definition) is 0. The lowest BCUT2D eigenvalue weighted by Crippen LogP contribution is -2.11. The maximum atomic E-state index is 2.47. The molecule has 0 aliphatic rings. The number of fused-ring (bicyclic) bond motifs is 6. The maximum Gasteiger partial charge on any atom is 0.0547 e. The molecular weight excluding hydrogens is 773 g/mol. The third kappa shape index (κ3) is 6.44. The maximum absolute atomic E-state index is 2.47. The Labute approximate surface area is 373 Å². The zero-order chi connectivity index (χ0) is 42.4. The summed E-state index contributed by atoms with van der Waals surface area (Å²) in [6, 6.07) is 92.7. The van der Waals surface area contributed by atoms with Crippen LogP contribution in [0.3, 0.4) is 0 Å². The van der Waals surface area contributed by atoms with E-state index in [9.17, 15) is 0 Å². The molecule has 2 nitrogen and oxygen atoms in total. The summed E-state index contributed by atoms with van der Waals surface area (Å²) in [5.74, 6) is 0. The van der Waals surface area contributed by atoms with Crippen molar-refractivity contribution in [2.75, 3.05) is 4.90 Å². The summed E-state index contributed by atoms with van der Waals surface area (Å²) in [5.41, 5.74) is 16.3. The molecule has 0 unspecified atom stereocenters. The van der Waals surface area contributed by atoms with Gasteiger partial charge in [0.05, 0.1) is 22.4 Å². The highest BCUT2D eigenvalue weighted by atomic mass is 15.1. The van der Waals surface area contributed by atoms with E-state index in [1.54, 1.807) is 0 Å². The van der Waals surface area contributed by atoms with E-state index in [4.69, 9.17) is 0 Å². The number of benzene rings is 11. The molecule has 0 fully saturated rings. The summed E-state index contributed by atoms with van der Waals surface area (Å²) < 4.78 is 2.47. The number of anilines is 3. The van der Waals surface area contributed by atoms with E-state index < -0.39 is 0 Å². The van der Waals surface area contributed by atoms with Gasteiger partial charge in [0.1, 0.15) is 0 Å². The average molecular weight is 815 g/mol. The third-order valence-corrected chi connectivity index (χ3v) is 12.8. The molecule has 12 aromatic rings. The molecule has 0 bridgehead atoms. The normalized spacial score (nSPS) is 11.4. The van der Waals surface area contributed by atoms with Gasteiger partial charge >= 0.3 is 0 Å². The zero-order valence-electron chi connectivity index (χ0n) is 35.1. The summed E-state index contributed by atoms with van der Waals surface area (Å²) >= 11 is 0. The van der Waals surface area contributed by atoms with Crippen molar-refractivity contribution in [2.45, 2.75) is 0 Å². The molecule has 0 spiro atoms. The van der Waals surface area contributed by atoms with Crippen LogP contribution in [0.4, 0.5) is 17.1 Å². The minimum atomic E-state index is 1.08. The molecule has 0 N–H and O–H groups in total. The molecule has 300 valence electrons. The summed E-state index contributed by atoms with van der Waals surface area (Å²) in [6.07, 6.45) is 0. The van der Waals surface area contributed by atoms with Gasteiger partial charge < -0.3 is 9.47 Å². The van der Waals surface area contributed by atoms with Gasteiger partial charge in [-0.15, -0.1) is 0 Å². The Morgan fingerprint density at radius 1 is 0.297 bits per heavy atom. The predicted molar refractivity (Wildman–Crippen MR) is 272 cm³/mol. The number of para-hydroxylation sites is 2. The Balaban J connectivity index is 1.01. The quantitative estimate of drug-likeness (QED) is 0.148. The zero-order valence-corrected chi connectivity index (χ0v) is 35.1. The minimum absolute atomic E-state index is 1.08. The van der Waals surface area contributed by atoms with E-state index in [1.807, 2.05) is 0 Å². The molecule has 1 aromatic heterocycles. The van der Waals surface area contributed by atoms with Crippen molar-refractivity contribution < 1.29 is 0 Å². The topological polar surface area (TPSA) is 8.17 Å². The Kier molecular flexibility index (Phi) is 9.20. The van der Waals surface area contributed by atoms with Crippen LogP contribution < -0.4 is 4.90 Å². The van der Waals surface area contributed by atoms with Gasteiger partial charge in [-0.3, -0.25) is 0 Å². The molecule has 0 atom stereocenters. The van der Waals surface area contributed by atoms with Crippen LogP contribution in [-0.2, 0) is 0 Å². The molecule has 0 saturated heterocycles. The van der Waals surface area contributed by atoms with Crippen molar-refractivity contribution in [2.24, 2.45) is 0 Å². The Morgan fingerprint density at radius 2 is 0.844 bits per heavy atom. The lowest BCUT2D eigenvalue weighted by molar-refractivity contribution is 1.18. The fourth-order valence-electron chi connectivity index (χ4n) is 9.79. The van der Waals surface area contributed by atoms with Gasteiger partial charge in [-0.2, -0.15) is 0 Å². The van der Waals surface area contributed by atoms with Gasteiger partial charge in [0, 0.05) is 33.3 Å². The van der Waals surface area contributed by atoms with Gasteiger partial charge in [-0.1, -0.05) is 200 Å². The number of nitrogens with zero attached hydrogens (tertiary/aromatic N) is 2. The highest BCUT2D eigenvalue weighted by Gasteiger charge is 2.22. The van der Waals surface area contributed by atoms with Crippen LogP contribution in [0.2, 0.25) is 0 Å². The second-order valence-corrected chi connectivity index (χ2v) is 16.5. The molecule has 0 aliphatic carbocycles. The molecule has 64 heavy (non-hydrogen) atoms. The predicted octanol–water partition coefficient (Wildman–Crippen LogP) is 17.2. The summed E-state index contributed by atoms with van der Waals surface area (Å²) in [4.78, 5) is 2.40. The lowest BCUT2D eigenvalue weighted by Gasteiger charge is -2.28. The van der Waals surface area contributed by atoms with Gasteiger partial charge in [-0.25, -0.2) is 0 Å². The first-order chi connectivity index (χ1) is 31.8. The van der Waals surface area contributed by atoms with Gasteiger partial charge in [0.15, 0.2) is 0 Å². The number of hydrogen-bond acceptors (Lipinski definition) is 1. The molecule has 0 saturated carbocycles. The van der Waals surface area contributed by atoms with Crippen LogP contribution in [0.5, 0.6) is 0 Å². The van der Waals surface area contributed by atoms with Crippen molar-refractivity contribution >= 4 is 60.4 Å². The fraction of sp³-hybridized carbons (Fsp3) is 0. The monoisotopic (exact) mass is 814 g/mol. The molecule has 12 rings (SSSR count). The summed E-state index contributed by atoms with van der Waals surface area (Å²) in [7, 11) is 0. The van der Waals surface area contributed by atoms with Crippen LogP contribution in [0.15, 0.2) is 255 Å². The van der Waals surface area contributed by atoms with E-state index in [-0.39, 0.29) is 0 Å². The molecule has 2 heteroatoms. The Hall–Kier alpha value is -8.46. The van der Waals surface area contributed by atoms with Crippen molar-refractivity contribution in [3.63, 3.8) is 0 Å². The van der Waals surface area contributed by atoms with Crippen LogP contribution in [0.25, 0.3) is 93.5 Å². The van der Waals surface area contributed by atoms with E-state index in [2.05, 4.69) is 264 Å². The summed E-state index contributed by atoms with van der Waals surface area (Å²) in [6.45, 7) is 0. The molecule has 0 radical (unpaired) electrons. The fourth-order valence-corrected chi connectivity index (χ4v) is 9.79. The van der Waals surface area contributed by atoms with Crippen LogP contribution in [0.1, 0.15) is 0 Å². The SMILES string of the molecule is c1ccc(-c2ccccc2N(c2ccc(-c3ccc4ccccc4c3)cc2)c2ccc(-c3cccc(-n4c5ccccc5c5c6ccccc6ccc54)c3-c3ccccc3)cc2)cc1. The van der Waals surface area contributed by atoms with Crippen LogP contribution in [0, 0.1) is 0 Å². The lowest BCUT2D eigenvalue weighted by atomic mass is 9.92. The highest BCUT2D eigenvalue weighted by molar-refractivity contribution is 6.21. The van der Waals surface area contributed by atoms with E-state index in [0.29, 0.717) is 0 Å².